The third-order valence-electron chi connectivity index (χ3n) is 3.83. The molecule has 6 nitrogen and oxygen atoms in total. The minimum Gasteiger partial charge on any atom is -0.495 e. The molecule has 0 aliphatic carbocycles. The van der Waals surface area contributed by atoms with Gasteiger partial charge in [0.15, 0.2) is 4.34 Å². The highest BCUT2D eigenvalue weighted by Crippen LogP contribution is 2.31. The zero-order valence-corrected chi connectivity index (χ0v) is 17.0. The molecule has 146 valence electrons. The fraction of sp³-hybridized carbons (Fsp3) is 0.211. The first-order chi connectivity index (χ1) is 13.6. The number of aromatic nitrogens is 2. The Morgan fingerprint density at radius 2 is 1.96 bits per heavy atom. The summed E-state index contributed by atoms with van der Waals surface area (Å²) in [6.07, 6.45) is 0. The van der Waals surface area contributed by atoms with Gasteiger partial charge >= 0.3 is 0 Å². The van der Waals surface area contributed by atoms with Gasteiger partial charge in [0.2, 0.25) is 11.0 Å². The number of rotatable bonds is 8. The van der Waals surface area contributed by atoms with Crippen LogP contribution in [0.15, 0.2) is 52.9 Å². The van der Waals surface area contributed by atoms with Crippen LogP contribution in [0.4, 0.5) is 20.9 Å². The van der Waals surface area contributed by atoms with Crippen molar-refractivity contribution in [1.29, 1.82) is 0 Å². The van der Waals surface area contributed by atoms with Crippen LogP contribution >= 0.6 is 23.1 Å². The van der Waals surface area contributed by atoms with E-state index < -0.39 is 0 Å². The second-order valence-corrected chi connectivity index (χ2v) is 7.80. The number of anilines is 3. The van der Waals surface area contributed by atoms with Gasteiger partial charge in [-0.15, -0.1) is 10.2 Å². The van der Waals surface area contributed by atoms with E-state index in [-0.39, 0.29) is 17.5 Å². The van der Waals surface area contributed by atoms with Gasteiger partial charge in [-0.1, -0.05) is 35.2 Å². The Bertz CT molecular complexity index is 934. The van der Waals surface area contributed by atoms with E-state index in [9.17, 15) is 9.18 Å². The molecule has 0 aliphatic heterocycles. The minimum atomic E-state index is -0.328. The molecule has 3 aromatic rings. The molecule has 9 heteroatoms. The molecule has 1 N–H and O–H groups in total. The molecular formula is C19H19FN4O2S2. The van der Waals surface area contributed by atoms with Crippen molar-refractivity contribution in [2.45, 2.75) is 11.3 Å². The largest absolute Gasteiger partial charge is 0.495 e. The molecule has 0 bridgehead atoms. The lowest BCUT2D eigenvalue weighted by atomic mass is 10.3. The number of hydrogen-bond donors (Lipinski definition) is 1. The SMILES string of the molecule is CCN(C(=O)CSc1nnc(Nc2ccccc2OC)s1)c1ccc(F)cc1. The quantitative estimate of drug-likeness (QED) is 0.541. The van der Waals surface area contributed by atoms with Crippen molar-refractivity contribution < 1.29 is 13.9 Å². The zero-order valence-electron chi connectivity index (χ0n) is 15.4. The summed E-state index contributed by atoms with van der Waals surface area (Å²) in [7, 11) is 1.61. The number of nitrogens with zero attached hydrogens (tertiary/aromatic N) is 3. The van der Waals surface area contributed by atoms with E-state index in [0.29, 0.717) is 27.5 Å². The van der Waals surface area contributed by atoms with Crippen molar-refractivity contribution >= 4 is 45.5 Å². The van der Waals surface area contributed by atoms with Gasteiger partial charge in [0.1, 0.15) is 11.6 Å². The Labute approximate surface area is 170 Å². The lowest BCUT2D eigenvalue weighted by Gasteiger charge is -2.20. The van der Waals surface area contributed by atoms with Gasteiger partial charge in [-0.3, -0.25) is 4.79 Å². The average Bonchev–Trinajstić information content (AvgIpc) is 3.16. The van der Waals surface area contributed by atoms with E-state index in [1.807, 2.05) is 31.2 Å². The number of hydrogen-bond acceptors (Lipinski definition) is 7. The molecule has 28 heavy (non-hydrogen) atoms. The average molecular weight is 419 g/mol. The molecule has 0 spiro atoms. The van der Waals surface area contributed by atoms with Gasteiger partial charge in [0.05, 0.1) is 18.6 Å². The van der Waals surface area contributed by atoms with Crippen molar-refractivity contribution in [2.24, 2.45) is 0 Å². The predicted molar refractivity (Wildman–Crippen MR) is 111 cm³/mol. The number of nitrogens with one attached hydrogen (secondary N) is 1. The van der Waals surface area contributed by atoms with Crippen LogP contribution in [-0.2, 0) is 4.79 Å². The number of thioether (sulfide) groups is 1. The number of ether oxygens (including phenoxy) is 1. The molecule has 2 aromatic carbocycles. The Kier molecular flexibility index (Phi) is 6.83. The van der Waals surface area contributed by atoms with Crippen LogP contribution in [0.2, 0.25) is 0 Å². The predicted octanol–water partition coefficient (Wildman–Crippen LogP) is 4.57. The first-order valence-electron chi connectivity index (χ1n) is 8.53. The molecule has 0 saturated heterocycles. The molecule has 3 rings (SSSR count). The monoisotopic (exact) mass is 418 g/mol. The van der Waals surface area contributed by atoms with Gasteiger partial charge in [-0.2, -0.15) is 0 Å². The van der Waals surface area contributed by atoms with Crippen molar-refractivity contribution in [2.75, 3.05) is 29.6 Å². The summed E-state index contributed by atoms with van der Waals surface area (Å²) in [5.74, 6) is 0.521. The van der Waals surface area contributed by atoms with Crippen molar-refractivity contribution in [3.8, 4) is 5.75 Å². The van der Waals surface area contributed by atoms with E-state index >= 15 is 0 Å². The lowest BCUT2D eigenvalue weighted by molar-refractivity contribution is -0.116. The van der Waals surface area contributed by atoms with E-state index in [4.69, 9.17) is 4.74 Å². The number of para-hydroxylation sites is 2. The van der Waals surface area contributed by atoms with E-state index in [1.165, 1.54) is 35.2 Å². The van der Waals surface area contributed by atoms with Crippen LogP contribution < -0.4 is 15.0 Å². The first-order valence-corrected chi connectivity index (χ1v) is 10.3. The lowest BCUT2D eigenvalue weighted by Crippen LogP contribution is -2.32. The van der Waals surface area contributed by atoms with Crippen LogP contribution in [0.25, 0.3) is 0 Å². The standard InChI is InChI=1S/C19H19FN4O2S2/c1-3-24(14-10-8-13(20)9-11-14)17(25)12-27-19-23-22-18(28-19)21-15-6-4-5-7-16(15)26-2/h4-11H,3,12H2,1-2H3,(H,21,22). The number of amides is 1. The van der Waals surface area contributed by atoms with Gasteiger partial charge < -0.3 is 15.0 Å². The molecule has 0 aliphatic rings. The second-order valence-electron chi connectivity index (χ2n) is 5.60. The molecule has 0 atom stereocenters. The second kappa shape index (κ2) is 9.52. The minimum absolute atomic E-state index is 0.0754. The van der Waals surface area contributed by atoms with Crippen LogP contribution in [0, 0.1) is 5.82 Å². The molecule has 1 amide bonds. The zero-order chi connectivity index (χ0) is 19.9. The topological polar surface area (TPSA) is 67.4 Å². The molecule has 1 heterocycles. The molecule has 0 saturated carbocycles. The third kappa shape index (κ3) is 4.99. The van der Waals surface area contributed by atoms with Crippen LogP contribution in [0.3, 0.4) is 0 Å². The van der Waals surface area contributed by atoms with E-state index in [1.54, 1.807) is 24.1 Å². The normalized spacial score (nSPS) is 10.5. The Balaban J connectivity index is 1.60. The maximum atomic E-state index is 13.1. The third-order valence-corrected chi connectivity index (χ3v) is 5.79. The van der Waals surface area contributed by atoms with Gasteiger partial charge in [0.25, 0.3) is 0 Å². The molecule has 0 unspecified atom stereocenters. The fourth-order valence-corrected chi connectivity index (χ4v) is 4.15. The highest BCUT2D eigenvalue weighted by Gasteiger charge is 2.16. The summed E-state index contributed by atoms with van der Waals surface area (Å²) in [5, 5.41) is 12.0. The van der Waals surface area contributed by atoms with Crippen LogP contribution in [0.1, 0.15) is 6.92 Å². The van der Waals surface area contributed by atoms with Crippen molar-refractivity contribution in [1.82, 2.24) is 10.2 Å². The summed E-state index contributed by atoms with van der Waals surface area (Å²) in [6, 6.07) is 13.4. The number of methoxy groups -OCH3 is 1. The highest BCUT2D eigenvalue weighted by molar-refractivity contribution is 8.01. The number of carbonyl (C=O) groups is 1. The van der Waals surface area contributed by atoms with Crippen molar-refractivity contribution in [3.05, 3.63) is 54.3 Å². The molecular weight excluding hydrogens is 399 g/mol. The Hall–Kier alpha value is -2.65. The van der Waals surface area contributed by atoms with E-state index in [0.717, 1.165) is 5.69 Å². The van der Waals surface area contributed by atoms with Crippen LogP contribution in [0.5, 0.6) is 5.75 Å². The first kappa shape index (κ1) is 20.1. The Morgan fingerprint density at radius 1 is 1.21 bits per heavy atom. The summed E-state index contributed by atoms with van der Waals surface area (Å²) in [4.78, 5) is 14.2. The fourth-order valence-electron chi connectivity index (χ4n) is 2.51. The van der Waals surface area contributed by atoms with Gasteiger partial charge in [-0.05, 0) is 43.3 Å². The molecule has 1 aromatic heterocycles. The highest BCUT2D eigenvalue weighted by atomic mass is 32.2. The number of halogens is 1. The summed E-state index contributed by atoms with van der Waals surface area (Å²) in [6.45, 7) is 2.38. The number of benzene rings is 2. The maximum absolute atomic E-state index is 13.1. The van der Waals surface area contributed by atoms with Gasteiger partial charge in [0, 0.05) is 12.2 Å². The summed E-state index contributed by atoms with van der Waals surface area (Å²) >= 11 is 2.68. The Morgan fingerprint density at radius 3 is 2.68 bits per heavy atom. The van der Waals surface area contributed by atoms with Gasteiger partial charge in [-0.25, -0.2) is 4.39 Å². The van der Waals surface area contributed by atoms with E-state index in [2.05, 4.69) is 15.5 Å². The maximum Gasteiger partial charge on any atom is 0.237 e. The molecule has 0 fully saturated rings. The summed E-state index contributed by atoms with van der Waals surface area (Å²) < 4.78 is 19.1. The number of carbonyl (C=O) groups excluding carboxylic acids is 1. The molecule has 0 radical (unpaired) electrons. The smallest absolute Gasteiger partial charge is 0.237 e. The van der Waals surface area contributed by atoms with Crippen LogP contribution in [-0.4, -0.2) is 35.5 Å². The summed E-state index contributed by atoms with van der Waals surface area (Å²) in [5.41, 5.74) is 1.47. The van der Waals surface area contributed by atoms with Crippen molar-refractivity contribution in [3.63, 3.8) is 0 Å².